The molecule has 1 heterocycles. The molecule has 0 aliphatic carbocycles. The first kappa shape index (κ1) is 24.1. The molecule has 0 saturated carbocycles. The number of aliphatic carboxylic acids is 1. The van der Waals surface area contributed by atoms with E-state index in [-0.39, 0.29) is 57.2 Å². The summed E-state index contributed by atoms with van der Waals surface area (Å²) in [5, 5.41) is 16.7. The minimum absolute atomic E-state index is 0. The van der Waals surface area contributed by atoms with Gasteiger partial charge in [-0.1, -0.05) is 28.1 Å². The van der Waals surface area contributed by atoms with Gasteiger partial charge in [-0.05, 0) is 50.6 Å². The Bertz CT molecular complexity index is 834. The molecule has 0 bridgehead atoms. The van der Waals surface area contributed by atoms with E-state index in [1.54, 1.807) is 43.3 Å². The van der Waals surface area contributed by atoms with Crippen LogP contribution >= 0.6 is 15.9 Å². The molecule has 0 aliphatic rings. The zero-order valence-corrected chi connectivity index (χ0v) is 20.3. The second-order valence-corrected chi connectivity index (χ2v) is 6.63. The van der Waals surface area contributed by atoms with E-state index in [0.29, 0.717) is 28.1 Å². The number of aromatic nitrogens is 1. The largest absolute Gasteiger partial charge is 1.00 e. The van der Waals surface area contributed by atoms with E-state index in [9.17, 15) is 14.7 Å². The van der Waals surface area contributed by atoms with E-state index in [1.807, 2.05) is 6.92 Å². The minimum atomic E-state index is -1.71. The molecule has 2 N–H and O–H groups in total. The predicted molar refractivity (Wildman–Crippen MR) is 98.8 cm³/mol. The SMILES string of the molecule is CCOc1ccc(NC(=O)NC(C)(C(=O)[O-])c2cccc(Br)c2)nc1C.[K+]. The van der Waals surface area contributed by atoms with Crippen LogP contribution in [-0.2, 0) is 10.3 Å². The number of hydrogen-bond acceptors (Lipinski definition) is 5. The number of ether oxygens (including phenoxy) is 1. The third-order valence-corrected chi connectivity index (χ3v) is 4.25. The minimum Gasteiger partial charge on any atom is -0.547 e. The average molecular weight is 460 g/mol. The Morgan fingerprint density at radius 2 is 2.00 bits per heavy atom. The van der Waals surface area contributed by atoms with Gasteiger partial charge >= 0.3 is 57.4 Å². The third kappa shape index (κ3) is 6.26. The molecular weight excluding hydrogens is 441 g/mol. The molecule has 0 radical (unpaired) electrons. The van der Waals surface area contributed by atoms with E-state index in [1.165, 1.54) is 6.92 Å². The van der Waals surface area contributed by atoms with Gasteiger partial charge < -0.3 is 20.0 Å². The Balaban J connectivity index is 0.00000364. The van der Waals surface area contributed by atoms with Gasteiger partial charge in [-0.3, -0.25) is 5.32 Å². The first-order chi connectivity index (χ1) is 12.3. The molecule has 0 saturated heterocycles. The maximum atomic E-state index is 12.3. The molecule has 1 aromatic carbocycles. The maximum absolute atomic E-state index is 12.3. The summed E-state index contributed by atoms with van der Waals surface area (Å²) < 4.78 is 6.08. The number of urea groups is 1. The molecule has 7 nitrogen and oxygen atoms in total. The summed E-state index contributed by atoms with van der Waals surface area (Å²) in [5.74, 6) is -0.535. The number of aryl methyl sites for hydroxylation is 1. The van der Waals surface area contributed by atoms with Crippen LogP contribution in [0.2, 0.25) is 0 Å². The third-order valence-electron chi connectivity index (χ3n) is 3.75. The number of benzene rings is 1. The van der Waals surface area contributed by atoms with E-state index < -0.39 is 17.5 Å². The van der Waals surface area contributed by atoms with Crippen molar-refractivity contribution in [3.05, 3.63) is 52.1 Å². The zero-order valence-electron chi connectivity index (χ0n) is 15.6. The predicted octanol–water partition coefficient (Wildman–Crippen LogP) is -0.658. The average Bonchev–Trinajstić information content (AvgIpc) is 2.57. The molecule has 2 amide bonds. The number of carboxylic acids is 1. The Kier molecular flexibility index (Phi) is 9.39. The van der Waals surface area contributed by atoms with Crippen molar-refractivity contribution in [2.24, 2.45) is 0 Å². The summed E-state index contributed by atoms with van der Waals surface area (Å²) >= 11 is 3.29. The zero-order chi connectivity index (χ0) is 19.3. The van der Waals surface area contributed by atoms with Gasteiger partial charge in [0.05, 0.1) is 18.3 Å². The molecule has 138 valence electrons. The molecule has 0 aliphatic heterocycles. The van der Waals surface area contributed by atoms with E-state index in [0.717, 1.165) is 0 Å². The van der Waals surface area contributed by atoms with Gasteiger partial charge in [0, 0.05) is 4.47 Å². The molecule has 1 aromatic heterocycles. The van der Waals surface area contributed by atoms with Crippen LogP contribution < -0.4 is 71.9 Å². The van der Waals surface area contributed by atoms with Crippen molar-refractivity contribution < 1.29 is 70.8 Å². The van der Waals surface area contributed by atoms with Crippen LogP contribution in [-0.4, -0.2) is 23.6 Å². The van der Waals surface area contributed by atoms with E-state index >= 15 is 0 Å². The number of halogens is 1. The molecule has 2 aromatic rings. The first-order valence-electron chi connectivity index (χ1n) is 7.93. The van der Waals surface area contributed by atoms with Crippen LogP contribution in [0.15, 0.2) is 40.9 Å². The van der Waals surface area contributed by atoms with Gasteiger partial charge in [0.1, 0.15) is 17.1 Å². The molecule has 27 heavy (non-hydrogen) atoms. The Morgan fingerprint density at radius 3 is 2.56 bits per heavy atom. The number of pyridine rings is 1. The van der Waals surface area contributed by atoms with Crippen LogP contribution in [0.1, 0.15) is 25.1 Å². The van der Waals surface area contributed by atoms with Gasteiger partial charge in [0.15, 0.2) is 0 Å². The topological polar surface area (TPSA) is 103 Å². The van der Waals surface area contributed by atoms with Crippen molar-refractivity contribution >= 4 is 33.7 Å². The normalized spacial score (nSPS) is 12.3. The summed E-state index contributed by atoms with van der Waals surface area (Å²) in [6, 6.07) is 9.19. The fourth-order valence-corrected chi connectivity index (χ4v) is 2.74. The number of amides is 2. The second-order valence-electron chi connectivity index (χ2n) is 5.71. The van der Waals surface area contributed by atoms with Crippen molar-refractivity contribution in [1.82, 2.24) is 10.3 Å². The van der Waals surface area contributed by atoms with Gasteiger partial charge in [0.2, 0.25) is 0 Å². The summed E-state index contributed by atoms with van der Waals surface area (Å²) in [7, 11) is 0. The molecule has 1 unspecified atom stereocenters. The summed E-state index contributed by atoms with van der Waals surface area (Å²) in [4.78, 5) is 28.2. The summed E-state index contributed by atoms with van der Waals surface area (Å²) in [5.41, 5.74) is -0.731. The number of carbonyl (C=O) groups excluding carboxylic acids is 2. The summed E-state index contributed by atoms with van der Waals surface area (Å²) in [6.07, 6.45) is 0. The van der Waals surface area contributed by atoms with E-state index in [4.69, 9.17) is 4.74 Å². The smallest absolute Gasteiger partial charge is 0.547 e. The van der Waals surface area contributed by atoms with Crippen LogP contribution in [0.25, 0.3) is 0 Å². The molecular formula is C18H19BrKN3O4. The molecule has 1 atom stereocenters. The van der Waals surface area contributed by atoms with Gasteiger partial charge in [-0.15, -0.1) is 0 Å². The number of hydrogen-bond donors (Lipinski definition) is 2. The number of anilines is 1. The van der Waals surface area contributed by atoms with E-state index in [2.05, 4.69) is 31.5 Å². The first-order valence-corrected chi connectivity index (χ1v) is 8.72. The van der Waals surface area contributed by atoms with Crippen LogP contribution in [0.4, 0.5) is 10.6 Å². The van der Waals surface area contributed by atoms with Crippen LogP contribution in [0, 0.1) is 6.92 Å². The molecule has 0 spiro atoms. The van der Waals surface area contributed by atoms with Crippen LogP contribution in [0.3, 0.4) is 0 Å². The monoisotopic (exact) mass is 459 g/mol. The Labute approximate surface area is 208 Å². The Morgan fingerprint density at radius 1 is 1.30 bits per heavy atom. The molecule has 0 fully saturated rings. The van der Waals surface area contributed by atoms with Gasteiger partial charge in [-0.2, -0.15) is 0 Å². The number of carboxylic acid groups (broad SMARTS) is 1. The molecule has 2 rings (SSSR count). The quantitative estimate of drug-likeness (QED) is 0.558. The fourth-order valence-electron chi connectivity index (χ4n) is 2.34. The fraction of sp³-hybridized carbons (Fsp3) is 0.278. The second kappa shape index (κ2) is 10.5. The van der Waals surface area contributed by atoms with Gasteiger partial charge in [0.25, 0.3) is 0 Å². The molecule has 9 heteroatoms. The maximum Gasteiger partial charge on any atom is 1.00 e. The van der Waals surface area contributed by atoms with Crippen LogP contribution in [0.5, 0.6) is 5.75 Å². The van der Waals surface area contributed by atoms with Crippen molar-refractivity contribution in [1.29, 1.82) is 0 Å². The summed E-state index contributed by atoms with van der Waals surface area (Å²) in [6.45, 7) is 5.48. The number of nitrogens with one attached hydrogen (secondary N) is 2. The van der Waals surface area contributed by atoms with Gasteiger partial charge in [-0.25, -0.2) is 9.78 Å². The standard InChI is InChI=1S/C18H20BrN3O4.K/c1-4-26-14-8-9-15(20-11(14)2)21-17(25)22-18(3,16(23)24)12-6-5-7-13(19)10-12;/h5-10H,4H2,1-3H3,(H,23,24)(H2,20,21,22,25);/q;+1/p-1. The number of carbonyl (C=O) groups is 2. The van der Waals surface area contributed by atoms with Crippen molar-refractivity contribution in [2.75, 3.05) is 11.9 Å². The van der Waals surface area contributed by atoms with Crippen molar-refractivity contribution in [3.8, 4) is 5.75 Å². The van der Waals surface area contributed by atoms with Crippen molar-refractivity contribution in [2.45, 2.75) is 26.3 Å². The number of rotatable bonds is 6. The number of nitrogens with zero attached hydrogens (tertiary/aromatic N) is 1. The Hall–Kier alpha value is -0.974. The van der Waals surface area contributed by atoms with Crippen molar-refractivity contribution in [3.63, 3.8) is 0 Å².